The van der Waals surface area contributed by atoms with Crippen molar-refractivity contribution < 1.29 is 0 Å². The average molecular weight is 224 g/mol. The molecule has 0 amide bonds. The lowest BCUT2D eigenvalue weighted by molar-refractivity contribution is 0.770. The topological polar surface area (TPSA) is 12.0 Å². The highest BCUT2D eigenvalue weighted by Crippen LogP contribution is 2.10. The number of nitrogens with one attached hydrogen (secondary N) is 1. The van der Waals surface area contributed by atoms with Gasteiger partial charge in [0.25, 0.3) is 0 Å². The highest BCUT2D eigenvalue weighted by Gasteiger charge is 1.91. The molecule has 1 aromatic carbocycles. The molecule has 12 heavy (non-hydrogen) atoms. The first-order chi connectivity index (χ1) is 5.83. The zero-order chi connectivity index (χ0) is 8.81. The third kappa shape index (κ3) is 3.08. The van der Waals surface area contributed by atoms with E-state index in [0.29, 0.717) is 6.54 Å². The minimum absolute atomic E-state index is 0.618. The van der Waals surface area contributed by atoms with Gasteiger partial charge in [0.15, 0.2) is 0 Å². The fourth-order valence-electron chi connectivity index (χ4n) is 0.926. The van der Waals surface area contributed by atoms with Crippen molar-refractivity contribution in [2.75, 3.05) is 6.54 Å². The van der Waals surface area contributed by atoms with Crippen LogP contribution in [0.3, 0.4) is 0 Å². The van der Waals surface area contributed by atoms with Crippen LogP contribution in [0.2, 0.25) is 0 Å². The van der Waals surface area contributed by atoms with Gasteiger partial charge >= 0.3 is 0 Å². The van der Waals surface area contributed by atoms with Gasteiger partial charge in [-0.05, 0) is 17.7 Å². The first-order valence-electron chi connectivity index (χ1n) is 3.71. The van der Waals surface area contributed by atoms with Crippen LogP contribution >= 0.6 is 15.9 Å². The van der Waals surface area contributed by atoms with Gasteiger partial charge in [-0.15, -0.1) is 6.42 Å². The third-order valence-corrected chi connectivity index (χ3v) is 1.94. The van der Waals surface area contributed by atoms with Gasteiger partial charge in [-0.1, -0.05) is 34.0 Å². The minimum Gasteiger partial charge on any atom is -0.302 e. The molecule has 2 heteroatoms. The van der Waals surface area contributed by atoms with E-state index in [1.807, 2.05) is 12.1 Å². The van der Waals surface area contributed by atoms with E-state index in [1.165, 1.54) is 5.56 Å². The van der Waals surface area contributed by atoms with Crippen LogP contribution in [-0.4, -0.2) is 6.54 Å². The lowest BCUT2D eigenvalue weighted by atomic mass is 10.2. The van der Waals surface area contributed by atoms with Gasteiger partial charge in [0.1, 0.15) is 0 Å². The van der Waals surface area contributed by atoms with E-state index in [4.69, 9.17) is 6.42 Å². The molecule has 0 unspecified atom stereocenters. The highest BCUT2D eigenvalue weighted by molar-refractivity contribution is 9.10. The van der Waals surface area contributed by atoms with Crippen molar-refractivity contribution in [1.29, 1.82) is 0 Å². The Morgan fingerprint density at radius 2 is 2.33 bits per heavy atom. The van der Waals surface area contributed by atoms with Gasteiger partial charge < -0.3 is 5.32 Å². The Labute approximate surface area is 81.3 Å². The van der Waals surface area contributed by atoms with Crippen molar-refractivity contribution in [1.82, 2.24) is 5.32 Å². The predicted molar refractivity (Wildman–Crippen MR) is 54.7 cm³/mol. The molecule has 0 saturated heterocycles. The van der Waals surface area contributed by atoms with Crippen LogP contribution in [0.25, 0.3) is 0 Å². The van der Waals surface area contributed by atoms with E-state index in [0.717, 1.165) is 11.0 Å². The number of terminal acetylenes is 1. The number of hydrogen-bond acceptors (Lipinski definition) is 1. The summed E-state index contributed by atoms with van der Waals surface area (Å²) in [6.45, 7) is 1.44. The van der Waals surface area contributed by atoms with Crippen molar-refractivity contribution in [3.63, 3.8) is 0 Å². The normalized spacial score (nSPS) is 9.33. The van der Waals surface area contributed by atoms with Crippen LogP contribution in [-0.2, 0) is 6.54 Å². The Morgan fingerprint density at radius 1 is 1.50 bits per heavy atom. The van der Waals surface area contributed by atoms with Gasteiger partial charge in [0, 0.05) is 11.0 Å². The molecular weight excluding hydrogens is 214 g/mol. The van der Waals surface area contributed by atoms with E-state index in [1.54, 1.807) is 0 Å². The Morgan fingerprint density at radius 3 is 3.00 bits per heavy atom. The van der Waals surface area contributed by atoms with Crippen LogP contribution < -0.4 is 5.32 Å². The van der Waals surface area contributed by atoms with Crippen molar-refractivity contribution in [3.05, 3.63) is 34.3 Å². The first-order valence-corrected chi connectivity index (χ1v) is 4.51. The zero-order valence-corrected chi connectivity index (χ0v) is 8.26. The largest absolute Gasteiger partial charge is 0.302 e. The summed E-state index contributed by atoms with van der Waals surface area (Å²) in [7, 11) is 0. The Kier molecular flexibility index (Phi) is 3.86. The van der Waals surface area contributed by atoms with Gasteiger partial charge in [0.2, 0.25) is 0 Å². The van der Waals surface area contributed by atoms with E-state index in [-0.39, 0.29) is 0 Å². The first kappa shape index (κ1) is 9.31. The summed E-state index contributed by atoms with van der Waals surface area (Å²) in [4.78, 5) is 0. The summed E-state index contributed by atoms with van der Waals surface area (Å²) >= 11 is 3.40. The molecular formula is C10H10BrN. The molecule has 0 heterocycles. The predicted octanol–water partition coefficient (Wildman–Crippen LogP) is 2.17. The Balaban J connectivity index is 2.48. The van der Waals surface area contributed by atoms with Crippen LogP contribution in [0.4, 0.5) is 0 Å². The van der Waals surface area contributed by atoms with Gasteiger partial charge in [-0.2, -0.15) is 0 Å². The fourth-order valence-corrected chi connectivity index (χ4v) is 1.37. The molecule has 1 nitrogen and oxygen atoms in total. The number of hydrogen-bond donors (Lipinski definition) is 1. The second-order valence-corrected chi connectivity index (χ2v) is 3.35. The molecule has 62 valence electrons. The smallest absolute Gasteiger partial charge is 0.0576 e. The summed E-state index contributed by atoms with van der Waals surface area (Å²) in [5.41, 5.74) is 1.24. The lowest BCUT2D eigenvalue weighted by Crippen LogP contribution is -2.12. The molecule has 1 aromatic rings. The molecule has 0 spiro atoms. The summed E-state index contributed by atoms with van der Waals surface area (Å²) in [5.74, 6) is 2.53. The van der Waals surface area contributed by atoms with E-state index >= 15 is 0 Å². The second kappa shape index (κ2) is 4.97. The molecule has 0 radical (unpaired) electrons. The maximum atomic E-state index is 5.10. The third-order valence-electron chi connectivity index (χ3n) is 1.45. The minimum atomic E-state index is 0.618. The maximum absolute atomic E-state index is 5.10. The number of benzene rings is 1. The van der Waals surface area contributed by atoms with E-state index < -0.39 is 0 Å². The summed E-state index contributed by atoms with van der Waals surface area (Å²) in [6.07, 6.45) is 5.10. The second-order valence-electron chi connectivity index (χ2n) is 2.44. The molecule has 0 aliphatic heterocycles. The summed E-state index contributed by atoms with van der Waals surface area (Å²) < 4.78 is 1.10. The van der Waals surface area contributed by atoms with Crippen LogP contribution in [0.5, 0.6) is 0 Å². The zero-order valence-electron chi connectivity index (χ0n) is 6.68. The fraction of sp³-hybridized carbons (Fsp3) is 0.200. The molecule has 0 bridgehead atoms. The van der Waals surface area contributed by atoms with Gasteiger partial charge in [0.05, 0.1) is 6.54 Å². The van der Waals surface area contributed by atoms with Crippen molar-refractivity contribution in [2.45, 2.75) is 6.54 Å². The molecule has 1 rings (SSSR count). The molecule has 0 fully saturated rings. The van der Waals surface area contributed by atoms with Crippen molar-refractivity contribution >= 4 is 15.9 Å². The van der Waals surface area contributed by atoms with Crippen molar-refractivity contribution in [3.8, 4) is 12.3 Å². The molecule has 0 aliphatic carbocycles. The lowest BCUT2D eigenvalue weighted by Gasteiger charge is -2.00. The van der Waals surface area contributed by atoms with Crippen LogP contribution in [0.15, 0.2) is 28.7 Å². The van der Waals surface area contributed by atoms with Crippen LogP contribution in [0, 0.1) is 12.3 Å². The molecule has 0 atom stereocenters. The Hall–Kier alpha value is -0.780. The quantitative estimate of drug-likeness (QED) is 0.612. The molecule has 0 aromatic heterocycles. The maximum Gasteiger partial charge on any atom is 0.0576 e. The summed E-state index contributed by atoms with van der Waals surface area (Å²) in [6, 6.07) is 8.15. The molecule has 0 saturated carbocycles. The standard InChI is InChI=1S/C10H10BrN/c1-2-6-12-8-9-4-3-5-10(11)7-9/h1,3-5,7,12H,6,8H2. The van der Waals surface area contributed by atoms with Gasteiger partial charge in [-0.3, -0.25) is 0 Å². The average Bonchev–Trinajstić information content (AvgIpc) is 2.05. The highest BCUT2D eigenvalue weighted by atomic mass is 79.9. The molecule has 1 N–H and O–H groups in total. The van der Waals surface area contributed by atoms with Crippen molar-refractivity contribution in [2.24, 2.45) is 0 Å². The molecule has 0 aliphatic rings. The summed E-state index contributed by atoms with van der Waals surface area (Å²) in [5, 5.41) is 3.12. The SMILES string of the molecule is C#CCNCc1cccc(Br)c1. The number of halogens is 1. The number of rotatable bonds is 3. The van der Waals surface area contributed by atoms with E-state index in [9.17, 15) is 0 Å². The van der Waals surface area contributed by atoms with Gasteiger partial charge in [-0.25, -0.2) is 0 Å². The van der Waals surface area contributed by atoms with E-state index in [2.05, 4.69) is 39.3 Å². The monoisotopic (exact) mass is 223 g/mol. The van der Waals surface area contributed by atoms with Crippen LogP contribution in [0.1, 0.15) is 5.56 Å². The Bertz CT molecular complexity index is 288.